The summed E-state index contributed by atoms with van der Waals surface area (Å²) in [5.74, 6) is -1.97. The van der Waals surface area contributed by atoms with Crippen molar-refractivity contribution in [2.24, 2.45) is 5.92 Å². The molecular formula is C25H30N4O9S. The third-order valence-electron chi connectivity index (χ3n) is 5.54. The van der Waals surface area contributed by atoms with E-state index in [1.807, 2.05) is 0 Å². The number of carbonyl (C=O) groups excluding carboxylic acids is 1. The summed E-state index contributed by atoms with van der Waals surface area (Å²) in [5, 5.41) is 34.2. The SMILES string of the molecule is CC(C)CN([C@@H](CCCCNC(=O)C=Cc1cccc([N+](=O)[O-])c1)C(=O)O)S(=O)(=O)c1ccc([N+](=O)[O-])cc1. The molecule has 2 rings (SSSR count). The minimum Gasteiger partial charge on any atom is -0.480 e. The van der Waals surface area contributed by atoms with Gasteiger partial charge in [0.05, 0.1) is 14.7 Å². The van der Waals surface area contributed by atoms with Gasteiger partial charge < -0.3 is 10.4 Å². The predicted octanol–water partition coefficient (Wildman–Crippen LogP) is 3.60. The maximum Gasteiger partial charge on any atom is 0.322 e. The van der Waals surface area contributed by atoms with Crippen molar-refractivity contribution < 1.29 is 33.0 Å². The largest absolute Gasteiger partial charge is 0.480 e. The van der Waals surface area contributed by atoms with Gasteiger partial charge in [0.1, 0.15) is 6.04 Å². The van der Waals surface area contributed by atoms with Gasteiger partial charge >= 0.3 is 5.97 Å². The average Bonchev–Trinajstić information content (AvgIpc) is 2.88. The lowest BCUT2D eigenvalue weighted by atomic mass is 10.1. The monoisotopic (exact) mass is 562 g/mol. The molecule has 0 aliphatic heterocycles. The Morgan fingerprint density at radius 1 is 1.03 bits per heavy atom. The van der Waals surface area contributed by atoms with E-state index in [1.54, 1.807) is 19.9 Å². The number of rotatable bonds is 15. The van der Waals surface area contributed by atoms with Crippen LogP contribution in [0.1, 0.15) is 38.7 Å². The van der Waals surface area contributed by atoms with E-state index in [0.29, 0.717) is 12.0 Å². The number of hydrogen-bond donors (Lipinski definition) is 2. The molecule has 0 heterocycles. The molecule has 13 nitrogen and oxygen atoms in total. The van der Waals surface area contributed by atoms with Gasteiger partial charge in [-0.05, 0) is 49.0 Å². The first-order chi connectivity index (χ1) is 18.3. The van der Waals surface area contributed by atoms with Gasteiger partial charge in [-0.25, -0.2) is 8.42 Å². The lowest BCUT2D eigenvalue weighted by Crippen LogP contribution is -2.46. The van der Waals surface area contributed by atoms with Crippen molar-refractivity contribution >= 4 is 39.4 Å². The summed E-state index contributed by atoms with van der Waals surface area (Å²) >= 11 is 0. The molecule has 0 aliphatic rings. The third-order valence-corrected chi connectivity index (χ3v) is 7.43. The van der Waals surface area contributed by atoms with E-state index < -0.39 is 37.8 Å². The number of carboxylic acids is 1. The predicted molar refractivity (Wildman–Crippen MR) is 142 cm³/mol. The fourth-order valence-corrected chi connectivity index (χ4v) is 5.44. The van der Waals surface area contributed by atoms with Crippen LogP contribution in [0.4, 0.5) is 11.4 Å². The third kappa shape index (κ3) is 9.26. The highest BCUT2D eigenvalue weighted by atomic mass is 32.2. The zero-order valence-corrected chi connectivity index (χ0v) is 22.2. The lowest BCUT2D eigenvalue weighted by Gasteiger charge is -2.29. The summed E-state index contributed by atoms with van der Waals surface area (Å²) in [6.07, 6.45) is 3.28. The molecule has 0 saturated heterocycles. The van der Waals surface area contributed by atoms with Gasteiger partial charge in [-0.1, -0.05) is 26.0 Å². The van der Waals surface area contributed by atoms with Gasteiger partial charge in [0, 0.05) is 43.4 Å². The Balaban J connectivity index is 2.01. The van der Waals surface area contributed by atoms with Crippen LogP contribution in [-0.2, 0) is 19.6 Å². The van der Waals surface area contributed by atoms with Crippen LogP contribution < -0.4 is 5.32 Å². The first-order valence-electron chi connectivity index (χ1n) is 12.0. The quantitative estimate of drug-likeness (QED) is 0.141. The molecule has 1 amide bonds. The summed E-state index contributed by atoms with van der Waals surface area (Å²) in [7, 11) is -4.27. The number of nitro groups is 2. The van der Waals surface area contributed by atoms with Crippen molar-refractivity contribution in [1.82, 2.24) is 9.62 Å². The van der Waals surface area contributed by atoms with Crippen LogP contribution in [0.25, 0.3) is 6.08 Å². The first kappa shape index (κ1) is 31.1. The molecule has 2 aromatic rings. The highest BCUT2D eigenvalue weighted by Crippen LogP contribution is 2.24. The topological polar surface area (TPSA) is 190 Å². The maximum atomic E-state index is 13.3. The van der Waals surface area contributed by atoms with Crippen LogP contribution in [-0.4, -0.2) is 58.7 Å². The van der Waals surface area contributed by atoms with Crippen molar-refractivity contribution in [1.29, 1.82) is 0 Å². The van der Waals surface area contributed by atoms with Crippen molar-refractivity contribution in [3.8, 4) is 0 Å². The van der Waals surface area contributed by atoms with Crippen molar-refractivity contribution in [2.75, 3.05) is 13.1 Å². The Hall–Kier alpha value is -4.17. The average molecular weight is 563 g/mol. The van der Waals surface area contributed by atoms with E-state index >= 15 is 0 Å². The smallest absolute Gasteiger partial charge is 0.322 e. The second-order valence-corrected chi connectivity index (χ2v) is 10.9. The Bertz CT molecular complexity index is 1330. The molecule has 0 bridgehead atoms. The Morgan fingerprint density at radius 2 is 1.67 bits per heavy atom. The number of nitrogens with zero attached hydrogens (tertiary/aromatic N) is 3. The number of amides is 1. The molecule has 0 unspecified atom stereocenters. The standard InChI is InChI=1S/C25H30N4O9S/c1-18(2)17-27(39(37,38)22-12-10-20(11-13-22)28(33)34)23(25(31)32)8-3-4-15-26-24(30)14-9-19-6-5-7-21(16-19)29(35)36/h5-7,9-14,16,18,23H,3-4,8,15,17H2,1-2H3,(H,26,30)(H,31,32)/t23-/m0/s1. The lowest BCUT2D eigenvalue weighted by molar-refractivity contribution is -0.385. The normalized spacial score (nSPS) is 12.5. The summed E-state index contributed by atoms with van der Waals surface area (Å²) in [4.78, 5) is 44.5. The molecule has 39 heavy (non-hydrogen) atoms. The molecule has 14 heteroatoms. The maximum absolute atomic E-state index is 13.3. The van der Waals surface area contributed by atoms with Gasteiger partial charge in [0.2, 0.25) is 15.9 Å². The zero-order valence-electron chi connectivity index (χ0n) is 21.4. The van der Waals surface area contributed by atoms with E-state index in [0.717, 1.165) is 28.6 Å². The fourth-order valence-electron chi connectivity index (χ4n) is 3.67. The Kier molecular flexibility index (Phi) is 11.2. The first-order valence-corrected chi connectivity index (χ1v) is 13.5. The number of sulfonamides is 1. The molecule has 0 fully saturated rings. The van der Waals surface area contributed by atoms with Gasteiger partial charge in [-0.15, -0.1) is 0 Å². The number of non-ortho nitro benzene ring substituents is 2. The fraction of sp³-hybridized carbons (Fsp3) is 0.360. The molecule has 0 aromatic heterocycles. The van der Waals surface area contributed by atoms with E-state index in [1.165, 1.54) is 30.4 Å². The molecule has 0 saturated carbocycles. The van der Waals surface area contributed by atoms with E-state index in [9.17, 15) is 43.3 Å². The minimum atomic E-state index is -4.27. The molecule has 0 radical (unpaired) electrons. The van der Waals surface area contributed by atoms with Crippen LogP contribution in [0.5, 0.6) is 0 Å². The summed E-state index contributed by atoms with van der Waals surface area (Å²) in [5.41, 5.74) is 0.0805. The second-order valence-electron chi connectivity index (χ2n) is 9.05. The van der Waals surface area contributed by atoms with Gasteiger partial charge in [0.25, 0.3) is 11.4 Å². The number of benzene rings is 2. The van der Waals surface area contributed by atoms with Gasteiger partial charge in [-0.2, -0.15) is 4.31 Å². The van der Waals surface area contributed by atoms with Gasteiger partial charge in [0.15, 0.2) is 0 Å². The zero-order chi connectivity index (χ0) is 29.2. The number of hydrogen-bond acceptors (Lipinski definition) is 8. The highest BCUT2D eigenvalue weighted by molar-refractivity contribution is 7.89. The molecule has 0 aliphatic carbocycles. The van der Waals surface area contributed by atoms with Crippen LogP contribution in [0.15, 0.2) is 59.5 Å². The number of nitrogens with one attached hydrogen (secondary N) is 1. The molecular weight excluding hydrogens is 532 g/mol. The molecule has 2 N–H and O–H groups in total. The van der Waals surface area contributed by atoms with Gasteiger partial charge in [-0.3, -0.25) is 29.8 Å². The summed E-state index contributed by atoms with van der Waals surface area (Å²) < 4.78 is 27.5. The number of carbonyl (C=O) groups is 2. The van der Waals surface area contributed by atoms with E-state index in [-0.39, 0.29) is 48.1 Å². The molecule has 1 atom stereocenters. The van der Waals surface area contributed by atoms with Crippen LogP contribution in [0.2, 0.25) is 0 Å². The van der Waals surface area contributed by atoms with Crippen LogP contribution in [0, 0.1) is 26.1 Å². The minimum absolute atomic E-state index is 0.0202. The molecule has 0 spiro atoms. The van der Waals surface area contributed by atoms with E-state index in [4.69, 9.17) is 0 Å². The highest BCUT2D eigenvalue weighted by Gasteiger charge is 2.36. The van der Waals surface area contributed by atoms with Crippen molar-refractivity contribution in [3.05, 3.63) is 80.4 Å². The molecule has 2 aromatic carbocycles. The van der Waals surface area contributed by atoms with Crippen molar-refractivity contribution in [3.63, 3.8) is 0 Å². The number of aliphatic carboxylic acids is 1. The number of nitro benzene ring substituents is 2. The van der Waals surface area contributed by atoms with Crippen molar-refractivity contribution in [2.45, 2.75) is 44.0 Å². The van der Waals surface area contributed by atoms with Crippen LogP contribution in [0.3, 0.4) is 0 Å². The Labute approximate surface area is 225 Å². The number of carboxylic acid groups (broad SMARTS) is 1. The molecule has 210 valence electrons. The number of unbranched alkanes of at least 4 members (excludes halogenated alkanes) is 1. The summed E-state index contributed by atoms with van der Waals surface area (Å²) in [6.45, 7) is 3.61. The second kappa shape index (κ2) is 14.1. The Morgan fingerprint density at radius 3 is 2.23 bits per heavy atom. The van der Waals surface area contributed by atoms with E-state index in [2.05, 4.69) is 5.32 Å². The summed E-state index contributed by atoms with van der Waals surface area (Å²) in [6, 6.07) is 8.64. The van der Waals surface area contributed by atoms with Crippen LogP contribution >= 0.6 is 0 Å².